The molecule has 0 aliphatic heterocycles. The number of benzene rings is 2. The quantitative estimate of drug-likeness (QED) is 0.669. The van der Waals surface area contributed by atoms with Crippen LogP contribution in [0.1, 0.15) is 0 Å². The molecule has 0 atom stereocenters. The minimum absolute atomic E-state index is 0.0997. The number of aromatic hydroxyl groups is 3. The Hall–Kier alpha value is -2.30. The van der Waals surface area contributed by atoms with Crippen molar-refractivity contribution in [1.82, 2.24) is 0 Å². The summed E-state index contributed by atoms with van der Waals surface area (Å²) in [5.41, 5.74) is -0.296. The Labute approximate surface area is 95.2 Å². The average molecular weight is 238 g/mol. The van der Waals surface area contributed by atoms with E-state index in [9.17, 15) is 19.0 Å². The molecule has 0 aromatic heterocycles. The molecular formula is C12H8F2O3. The normalized spacial score (nSPS) is 10.5. The Kier molecular flexibility index (Phi) is 2.59. The first kappa shape index (κ1) is 11.2. The summed E-state index contributed by atoms with van der Waals surface area (Å²) in [5, 5.41) is 28.0. The number of hydrogen-bond acceptors (Lipinski definition) is 3. The van der Waals surface area contributed by atoms with E-state index >= 15 is 0 Å². The van der Waals surface area contributed by atoms with Crippen molar-refractivity contribution in [2.45, 2.75) is 0 Å². The van der Waals surface area contributed by atoms with Crippen molar-refractivity contribution in [3.8, 4) is 28.4 Å². The molecule has 0 aliphatic carbocycles. The van der Waals surface area contributed by atoms with Gasteiger partial charge in [-0.3, -0.25) is 0 Å². The third-order valence-corrected chi connectivity index (χ3v) is 2.37. The molecule has 0 aliphatic rings. The van der Waals surface area contributed by atoms with Crippen LogP contribution in [0.15, 0.2) is 30.3 Å². The van der Waals surface area contributed by atoms with Crippen LogP contribution in [-0.2, 0) is 0 Å². The van der Waals surface area contributed by atoms with E-state index < -0.39 is 28.9 Å². The highest BCUT2D eigenvalue weighted by Gasteiger charge is 2.17. The highest BCUT2D eigenvalue weighted by atomic mass is 19.2. The van der Waals surface area contributed by atoms with E-state index in [4.69, 9.17) is 5.11 Å². The fraction of sp³-hybridized carbons (Fsp3) is 0. The van der Waals surface area contributed by atoms with Gasteiger partial charge in [0.25, 0.3) is 0 Å². The van der Waals surface area contributed by atoms with Crippen LogP contribution in [0.3, 0.4) is 0 Å². The molecule has 0 heterocycles. The molecule has 2 aromatic rings. The molecule has 2 rings (SSSR count). The summed E-state index contributed by atoms with van der Waals surface area (Å²) in [7, 11) is 0. The molecule has 0 bridgehead atoms. The lowest BCUT2D eigenvalue weighted by Crippen LogP contribution is -1.89. The largest absolute Gasteiger partial charge is 0.504 e. The molecule has 5 heteroatoms. The third-order valence-electron chi connectivity index (χ3n) is 2.37. The maximum atomic E-state index is 13.5. The van der Waals surface area contributed by atoms with Crippen LogP contribution in [-0.4, -0.2) is 15.3 Å². The molecule has 2 aromatic carbocycles. The minimum Gasteiger partial charge on any atom is -0.504 e. The molecule has 3 nitrogen and oxygen atoms in total. The Morgan fingerprint density at radius 2 is 1.47 bits per heavy atom. The lowest BCUT2D eigenvalue weighted by Gasteiger charge is -2.08. The smallest absolute Gasteiger partial charge is 0.200 e. The van der Waals surface area contributed by atoms with Gasteiger partial charge in [-0.05, 0) is 18.2 Å². The molecule has 0 radical (unpaired) electrons. The highest BCUT2D eigenvalue weighted by molar-refractivity contribution is 5.75. The first-order valence-corrected chi connectivity index (χ1v) is 4.70. The number of phenols is 3. The van der Waals surface area contributed by atoms with Gasteiger partial charge < -0.3 is 15.3 Å². The second kappa shape index (κ2) is 3.93. The lowest BCUT2D eigenvalue weighted by molar-refractivity contribution is 0.368. The molecule has 0 fully saturated rings. The maximum absolute atomic E-state index is 13.5. The molecule has 0 saturated heterocycles. The monoisotopic (exact) mass is 238 g/mol. The predicted octanol–water partition coefficient (Wildman–Crippen LogP) is 2.75. The zero-order valence-electron chi connectivity index (χ0n) is 8.48. The fourth-order valence-corrected chi connectivity index (χ4v) is 1.50. The van der Waals surface area contributed by atoms with Crippen molar-refractivity contribution in [3.63, 3.8) is 0 Å². The summed E-state index contributed by atoms with van der Waals surface area (Å²) in [6.45, 7) is 0. The van der Waals surface area contributed by atoms with Crippen LogP contribution in [0.4, 0.5) is 8.78 Å². The summed E-state index contributed by atoms with van der Waals surface area (Å²) in [4.78, 5) is 0. The van der Waals surface area contributed by atoms with E-state index in [2.05, 4.69) is 0 Å². The Morgan fingerprint density at radius 1 is 0.765 bits per heavy atom. The molecule has 0 saturated carbocycles. The van der Waals surface area contributed by atoms with E-state index in [0.29, 0.717) is 0 Å². The molecule has 0 amide bonds. The summed E-state index contributed by atoms with van der Waals surface area (Å²) < 4.78 is 26.5. The van der Waals surface area contributed by atoms with E-state index in [0.717, 1.165) is 12.1 Å². The minimum atomic E-state index is -1.13. The van der Waals surface area contributed by atoms with Crippen molar-refractivity contribution in [2.24, 2.45) is 0 Å². The van der Waals surface area contributed by atoms with E-state index in [1.807, 2.05) is 0 Å². The van der Waals surface area contributed by atoms with Crippen LogP contribution in [0.25, 0.3) is 11.1 Å². The SMILES string of the molecule is Oc1ccc(-c2cccc(F)c2F)c(O)c1O. The van der Waals surface area contributed by atoms with Gasteiger partial charge in [-0.25, -0.2) is 8.78 Å². The number of halogens is 2. The van der Waals surface area contributed by atoms with E-state index in [1.165, 1.54) is 18.2 Å². The number of phenolic OH excluding ortho intramolecular Hbond substituents is 3. The molecule has 17 heavy (non-hydrogen) atoms. The lowest BCUT2D eigenvalue weighted by atomic mass is 10.0. The van der Waals surface area contributed by atoms with Crippen LogP contribution in [0.2, 0.25) is 0 Å². The highest BCUT2D eigenvalue weighted by Crippen LogP contribution is 2.42. The fourth-order valence-electron chi connectivity index (χ4n) is 1.50. The van der Waals surface area contributed by atoms with Gasteiger partial charge >= 0.3 is 0 Å². The maximum Gasteiger partial charge on any atom is 0.200 e. The van der Waals surface area contributed by atoms with Crippen molar-refractivity contribution in [2.75, 3.05) is 0 Å². The van der Waals surface area contributed by atoms with Crippen molar-refractivity contribution >= 4 is 0 Å². The first-order chi connectivity index (χ1) is 8.02. The molecule has 0 spiro atoms. The van der Waals surface area contributed by atoms with Crippen molar-refractivity contribution in [1.29, 1.82) is 0 Å². The predicted molar refractivity (Wildman–Crippen MR) is 56.8 cm³/mol. The Morgan fingerprint density at radius 3 is 2.18 bits per heavy atom. The van der Waals surface area contributed by atoms with Gasteiger partial charge in [0.2, 0.25) is 5.75 Å². The molecule has 3 N–H and O–H groups in total. The standard InChI is InChI=1S/C12H8F2O3/c13-8-3-1-2-6(10(8)14)7-4-5-9(15)12(17)11(7)16/h1-5,15-17H. The van der Waals surface area contributed by atoms with Crippen LogP contribution < -0.4 is 0 Å². The van der Waals surface area contributed by atoms with Crippen LogP contribution in [0.5, 0.6) is 17.2 Å². The average Bonchev–Trinajstić information content (AvgIpc) is 2.31. The molecule has 0 unspecified atom stereocenters. The summed E-state index contributed by atoms with van der Waals surface area (Å²) in [6.07, 6.45) is 0. The zero-order chi connectivity index (χ0) is 12.6. The van der Waals surface area contributed by atoms with Gasteiger partial charge in [-0.15, -0.1) is 0 Å². The van der Waals surface area contributed by atoms with E-state index in [1.54, 1.807) is 0 Å². The summed E-state index contributed by atoms with van der Waals surface area (Å²) in [6, 6.07) is 5.73. The van der Waals surface area contributed by atoms with Crippen LogP contribution >= 0.6 is 0 Å². The summed E-state index contributed by atoms with van der Waals surface area (Å²) >= 11 is 0. The van der Waals surface area contributed by atoms with Gasteiger partial charge in [0.15, 0.2) is 23.1 Å². The second-order valence-electron chi connectivity index (χ2n) is 3.43. The second-order valence-corrected chi connectivity index (χ2v) is 3.43. The van der Waals surface area contributed by atoms with Gasteiger partial charge in [0, 0.05) is 11.1 Å². The Balaban J connectivity index is 2.69. The van der Waals surface area contributed by atoms with Gasteiger partial charge in [-0.2, -0.15) is 0 Å². The zero-order valence-corrected chi connectivity index (χ0v) is 8.48. The molecular weight excluding hydrogens is 230 g/mol. The molecule has 88 valence electrons. The third kappa shape index (κ3) is 1.75. The van der Waals surface area contributed by atoms with Crippen molar-refractivity contribution < 1.29 is 24.1 Å². The Bertz CT molecular complexity index is 582. The summed E-state index contributed by atoms with van der Waals surface area (Å²) in [5.74, 6) is -4.20. The van der Waals surface area contributed by atoms with E-state index in [-0.39, 0.29) is 11.1 Å². The van der Waals surface area contributed by atoms with Gasteiger partial charge in [0.1, 0.15) is 0 Å². The number of rotatable bonds is 1. The van der Waals surface area contributed by atoms with Crippen LogP contribution in [0, 0.1) is 11.6 Å². The number of hydrogen-bond donors (Lipinski definition) is 3. The topological polar surface area (TPSA) is 60.7 Å². The van der Waals surface area contributed by atoms with Gasteiger partial charge in [0.05, 0.1) is 0 Å². The first-order valence-electron chi connectivity index (χ1n) is 4.70. The van der Waals surface area contributed by atoms with Gasteiger partial charge in [-0.1, -0.05) is 12.1 Å². The van der Waals surface area contributed by atoms with Crippen molar-refractivity contribution in [3.05, 3.63) is 42.0 Å².